The Balaban J connectivity index is 2.04. The van der Waals surface area contributed by atoms with Crippen LogP contribution in [0.1, 0.15) is 47.1 Å². The van der Waals surface area contributed by atoms with Gasteiger partial charge in [0.25, 0.3) is 5.91 Å². The second-order valence-electron chi connectivity index (χ2n) is 6.35. The average molecular weight is 406 g/mol. The first-order valence-corrected chi connectivity index (χ1v) is 9.63. The topological polar surface area (TPSA) is 109 Å². The highest BCUT2D eigenvalue weighted by Gasteiger charge is 2.22. The quantitative estimate of drug-likeness (QED) is 0.410. The van der Waals surface area contributed by atoms with Crippen molar-refractivity contribution in [1.29, 1.82) is 0 Å². The van der Waals surface area contributed by atoms with E-state index in [1.54, 1.807) is 6.92 Å². The number of amides is 1. The van der Waals surface area contributed by atoms with Crippen molar-refractivity contribution in [3.05, 3.63) is 51.8 Å². The average Bonchev–Trinajstić information content (AvgIpc) is 3.02. The van der Waals surface area contributed by atoms with Crippen molar-refractivity contribution < 1.29 is 28.6 Å². The molecule has 0 bridgehead atoms. The minimum atomic E-state index is -0.729. The summed E-state index contributed by atoms with van der Waals surface area (Å²) < 4.78 is 10.6. The highest BCUT2D eigenvalue weighted by Crippen LogP contribution is 2.30. The number of carbonyl (C=O) groups excluding carboxylic acids is 3. The van der Waals surface area contributed by atoms with E-state index in [-0.39, 0.29) is 12.2 Å². The molecular weight excluding hydrogens is 384 g/mol. The molecule has 0 saturated carbocycles. The van der Waals surface area contributed by atoms with Crippen LogP contribution in [0.15, 0.2) is 29.9 Å². The van der Waals surface area contributed by atoms with Crippen LogP contribution in [0.5, 0.6) is 0 Å². The van der Waals surface area contributed by atoms with Gasteiger partial charge in [0.15, 0.2) is 19.0 Å². The van der Waals surface area contributed by atoms with E-state index in [1.807, 2.05) is 19.2 Å². The number of ether oxygens (including phenoxy) is 2. The number of nitrogens with zero attached hydrogens (tertiary/aromatic N) is 1. The number of anilines is 1. The fourth-order valence-electron chi connectivity index (χ4n) is 2.43. The van der Waals surface area contributed by atoms with E-state index in [4.69, 9.17) is 9.47 Å². The molecule has 0 atom stereocenters. The Morgan fingerprint density at radius 2 is 1.86 bits per heavy atom. The zero-order valence-corrected chi connectivity index (χ0v) is 16.7. The molecule has 0 radical (unpaired) electrons. The summed E-state index contributed by atoms with van der Waals surface area (Å²) in [6.07, 6.45) is 2.98. The molecule has 0 spiro atoms. The van der Waals surface area contributed by atoms with Crippen molar-refractivity contribution in [3.63, 3.8) is 0 Å². The largest absolute Gasteiger partial charge is 0.619 e. The van der Waals surface area contributed by atoms with Gasteiger partial charge in [0, 0.05) is 12.1 Å². The van der Waals surface area contributed by atoms with Crippen molar-refractivity contribution in [2.45, 2.75) is 27.2 Å². The first-order chi connectivity index (χ1) is 13.3. The molecule has 0 aliphatic heterocycles. The third-order valence-electron chi connectivity index (χ3n) is 3.60. The smallest absolute Gasteiger partial charge is 0.341 e. The zero-order valence-electron chi connectivity index (χ0n) is 15.9. The second-order valence-corrected chi connectivity index (χ2v) is 7.23. The van der Waals surface area contributed by atoms with Gasteiger partial charge in [0.05, 0.1) is 17.7 Å². The number of esters is 2. The SMILES string of the molecule is CCOC(=O)c1c(CC(C)C)csc1NC(=O)COC(=O)c1cc[n+]([O-])cc1. The van der Waals surface area contributed by atoms with Gasteiger partial charge in [-0.25, -0.2) is 9.59 Å². The molecule has 0 fully saturated rings. The Kier molecular flexibility index (Phi) is 7.51. The van der Waals surface area contributed by atoms with Crippen LogP contribution >= 0.6 is 11.3 Å². The summed E-state index contributed by atoms with van der Waals surface area (Å²) in [5.74, 6) is -1.48. The van der Waals surface area contributed by atoms with Crippen LogP contribution < -0.4 is 10.0 Å². The van der Waals surface area contributed by atoms with Crippen molar-refractivity contribution in [2.24, 2.45) is 5.92 Å². The van der Waals surface area contributed by atoms with Gasteiger partial charge < -0.3 is 20.0 Å². The van der Waals surface area contributed by atoms with Gasteiger partial charge in [-0.15, -0.1) is 11.3 Å². The third-order valence-corrected chi connectivity index (χ3v) is 4.54. The molecule has 2 aromatic heterocycles. The summed E-state index contributed by atoms with van der Waals surface area (Å²) >= 11 is 1.22. The van der Waals surface area contributed by atoms with Crippen LogP contribution in [0.25, 0.3) is 0 Å². The molecule has 0 aromatic carbocycles. The minimum absolute atomic E-state index is 0.155. The normalized spacial score (nSPS) is 10.6. The van der Waals surface area contributed by atoms with Crippen molar-refractivity contribution in [1.82, 2.24) is 0 Å². The summed E-state index contributed by atoms with van der Waals surface area (Å²) in [5.41, 5.74) is 1.30. The molecule has 8 nitrogen and oxygen atoms in total. The summed E-state index contributed by atoms with van der Waals surface area (Å²) in [6.45, 7) is 5.47. The highest BCUT2D eigenvalue weighted by atomic mass is 32.1. The number of nitrogens with one attached hydrogen (secondary N) is 1. The molecule has 0 aliphatic rings. The van der Waals surface area contributed by atoms with Crippen LogP contribution in [-0.2, 0) is 20.7 Å². The molecule has 9 heteroatoms. The van der Waals surface area contributed by atoms with Gasteiger partial charge in [-0.1, -0.05) is 13.8 Å². The molecule has 1 N–H and O–H groups in total. The van der Waals surface area contributed by atoms with E-state index in [0.29, 0.717) is 27.6 Å². The van der Waals surface area contributed by atoms with Crippen LogP contribution in [0, 0.1) is 11.1 Å². The number of rotatable bonds is 8. The molecule has 0 aliphatic carbocycles. The molecule has 0 saturated heterocycles. The Hall–Kier alpha value is -2.94. The maximum Gasteiger partial charge on any atom is 0.341 e. The third kappa shape index (κ3) is 5.78. The van der Waals surface area contributed by atoms with Gasteiger partial charge >= 0.3 is 11.9 Å². The first kappa shape index (κ1) is 21.4. The second kappa shape index (κ2) is 9.84. The van der Waals surface area contributed by atoms with E-state index in [2.05, 4.69) is 5.32 Å². The van der Waals surface area contributed by atoms with Gasteiger partial charge in [-0.3, -0.25) is 4.79 Å². The summed E-state index contributed by atoms with van der Waals surface area (Å²) in [7, 11) is 0. The van der Waals surface area contributed by atoms with E-state index in [9.17, 15) is 19.6 Å². The van der Waals surface area contributed by atoms with Gasteiger partial charge in [-0.2, -0.15) is 4.73 Å². The summed E-state index contributed by atoms with van der Waals surface area (Å²) in [4.78, 5) is 36.4. The molecule has 150 valence electrons. The molecule has 2 heterocycles. The van der Waals surface area contributed by atoms with Crippen LogP contribution in [-0.4, -0.2) is 31.1 Å². The number of hydrogen-bond donors (Lipinski definition) is 1. The van der Waals surface area contributed by atoms with Crippen molar-refractivity contribution >= 4 is 34.2 Å². The lowest BCUT2D eigenvalue weighted by atomic mass is 10.0. The first-order valence-electron chi connectivity index (χ1n) is 8.75. The van der Waals surface area contributed by atoms with Crippen molar-refractivity contribution in [3.8, 4) is 0 Å². The lowest BCUT2D eigenvalue weighted by Crippen LogP contribution is -2.25. The van der Waals surface area contributed by atoms with E-state index in [1.165, 1.54) is 23.5 Å². The van der Waals surface area contributed by atoms with Gasteiger partial charge in [0.2, 0.25) is 0 Å². The molecule has 2 rings (SSSR count). The fraction of sp³-hybridized carbons (Fsp3) is 0.368. The van der Waals surface area contributed by atoms with Gasteiger partial charge in [0.1, 0.15) is 5.00 Å². The van der Waals surface area contributed by atoms with Gasteiger partial charge in [-0.05, 0) is 30.2 Å². The Morgan fingerprint density at radius 3 is 2.46 bits per heavy atom. The zero-order chi connectivity index (χ0) is 20.7. The fourth-order valence-corrected chi connectivity index (χ4v) is 3.41. The minimum Gasteiger partial charge on any atom is -0.619 e. The van der Waals surface area contributed by atoms with E-state index in [0.717, 1.165) is 18.0 Å². The number of pyridine rings is 1. The summed E-state index contributed by atoms with van der Waals surface area (Å²) in [5, 5.41) is 15.8. The maximum atomic E-state index is 12.3. The van der Waals surface area contributed by atoms with E-state index < -0.39 is 24.5 Å². The molecule has 28 heavy (non-hydrogen) atoms. The van der Waals surface area contributed by atoms with E-state index >= 15 is 0 Å². The summed E-state index contributed by atoms with van der Waals surface area (Å²) in [6, 6.07) is 2.59. The Morgan fingerprint density at radius 1 is 1.18 bits per heavy atom. The molecular formula is C19H22N2O6S. The number of carbonyl (C=O) groups is 3. The predicted molar refractivity (Wildman–Crippen MR) is 103 cm³/mol. The lowest BCUT2D eigenvalue weighted by Gasteiger charge is -2.10. The standard InChI is InChI=1S/C19H22N2O6S/c1-4-26-19(24)16-14(9-12(2)3)11-28-17(16)20-15(22)10-27-18(23)13-5-7-21(25)8-6-13/h5-8,11-12H,4,9-10H2,1-3H3,(H,20,22). The molecule has 1 amide bonds. The Bertz CT molecular complexity index is 845. The van der Waals surface area contributed by atoms with Crippen LogP contribution in [0.3, 0.4) is 0 Å². The molecule has 0 unspecified atom stereocenters. The van der Waals surface area contributed by atoms with Crippen molar-refractivity contribution in [2.75, 3.05) is 18.5 Å². The maximum absolute atomic E-state index is 12.3. The van der Waals surface area contributed by atoms with Crippen LogP contribution in [0.4, 0.5) is 5.00 Å². The number of thiophene rings is 1. The number of aromatic nitrogens is 1. The number of hydrogen-bond acceptors (Lipinski definition) is 7. The monoisotopic (exact) mass is 406 g/mol. The highest BCUT2D eigenvalue weighted by molar-refractivity contribution is 7.15. The lowest BCUT2D eigenvalue weighted by molar-refractivity contribution is -0.605. The predicted octanol–water partition coefficient (Wildman–Crippen LogP) is 2.55. The molecule has 2 aromatic rings. The Labute approximate surface area is 166 Å². The van der Waals surface area contributed by atoms with Crippen LogP contribution in [0.2, 0.25) is 0 Å².